The number of hydrogen-bond donors (Lipinski definition) is 0. The van der Waals surface area contributed by atoms with Crippen LogP contribution in [0.4, 0.5) is 0 Å². The molecule has 1 rings (SSSR count). The van der Waals surface area contributed by atoms with Gasteiger partial charge in [0.15, 0.2) is 0 Å². The number of rotatable bonds is 6. The van der Waals surface area contributed by atoms with Gasteiger partial charge >= 0.3 is 0 Å². The molecular weight excluding hydrogens is 242 g/mol. The van der Waals surface area contributed by atoms with Crippen LogP contribution < -0.4 is 0 Å². The molecule has 1 aliphatic rings. The molecule has 1 heterocycles. The van der Waals surface area contributed by atoms with Gasteiger partial charge in [0.05, 0.1) is 6.61 Å². The molecule has 0 N–H and O–H groups in total. The first-order valence-corrected chi connectivity index (χ1v) is 6.88. The Hall–Kier alpha value is 0.400. The topological polar surface area (TPSA) is 12.5 Å². The van der Waals surface area contributed by atoms with Gasteiger partial charge in [0.25, 0.3) is 0 Å². The maximum Gasteiger partial charge on any atom is 0.0593 e. The van der Waals surface area contributed by atoms with Gasteiger partial charge in [0.2, 0.25) is 0 Å². The molecule has 2 nitrogen and oxygen atoms in total. The highest BCUT2D eigenvalue weighted by Crippen LogP contribution is 2.19. The van der Waals surface area contributed by atoms with Gasteiger partial charge in [-0.3, -0.25) is 4.90 Å². The molecule has 0 saturated carbocycles. The zero-order valence-corrected chi connectivity index (χ0v) is 10.8. The highest BCUT2D eigenvalue weighted by atomic mass is 79.9. The number of likely N-dealkylation sites (tertiary alicyclic amines) is 1. The number of ether oxygens (including phenoxy) is 1. The summed E-state index contributed by atoms with van der Waals surface area (Å²) in [5, 5.41) is 1.13. The lowest BCUT2D eigenvalue weighted by Crippen LogP contribution is -2.41. The van der Waals surface area contributed by atoms with Crippen LogP contribution >= 0.6 is 15.9 Å². The number of hydrogen-bond acceptors (Lipinski definition) is 2. The molecule has 1 unspecified atom stereocenters. The largest absolute Gasteiger partial charge is 0.380 e. The van der Waals surface area contributed by atoms with Crippen molar-refractivity contribution in [2.45, 2.75) is 38.6 Å². The van der Waals surface area contributed by atoms with Gasteiger partial charge in [-0.15, -0.1) is 0 Å². The lowest BCUT2D eigenvalue weighted by Gasteiger charge is -2.35. The van der Waals surface area contributed by atoms with Crippen molar-refractivity contribution in [2.24, 2.45) is 0 Å². The zero-order chi connectivity index (χ0) is 10.2. The van der Waals surface area contributed by atoms with Crippen LogP contribution in [-0.4, -0.2) is 42.6 Å². The third-order valence-electron chi connectivity index (χ3n) is 2.92. The minimum Gasteiger partial charge on any atom is -0.380 e. The smallest absolute Gasteiger partial charge is 0.0593 e. The van der Waals surface area contributed by atoms with Crippen molar-refractivity contribution in [1.29, 1.82) is 0 Å². The van der Waals surface area contributed by atoms with Gasteiger partial charge < -0.3 is 4.74 Å². The first-order chi connectivity index (χ1) is 6.88. The minimum absolute atomic E-state index is 0.795. The standard InChI is InChI=1S/C11H22BrNO/c1-2-14-10-9-13-8-4-3-5-11(13)6-7-12/h11H,2-10H2,1H3. The molecule has 14 heavy (non-hydrogen) atoms. The predicted molar refractivity (Wildman–Crippen MR) is 64.1 cm³/mol. The Labute approximate surface area is 96.1 Å². The second kappa shape index (κ2) is 7.66. The van der Waals surface area contributed by atoms with Gasteiger partial charge in [-0.2, -0.15) is 0 Å². The van der Waals surface area contributed by atoms with Crippen LogP contribution in [0.25, 0.3) is 0 Å². The van der Waals surface area contributed by atoms with Crippen molar-refractivity contribution in [3.8, 4) is 0 Å². The van der Waals surface area contributed by atoms with E-state index in [1.54, 1.807) is 0 Å². The van der Waals surface area contributed by atoms with Crippen molar-refractivity contribution in [1.82, 2.24) is 4.90 Å². The number of alkyl halides is 1. The first-order valence-electron chi connectivity index (χ1n) is 5.76. The second-order valence-corrected chi connectivity index (χ2v) is 4.65. The van der Waals surface area contributed by atoms with E-state index >= 15 is 0 Å². The number of piperidine rings is 1. The van der Waals surface area contributed by atoms with Gasteiger partial charge in [-0.25, -0.2) is 0 Å². The van der Waals surface area contributed by atoms with E-state index in [2.05, 4.69) is 27.8 Å². The Kier molecular flexibility index (Phi) is 6.82. The average molecular weight is 264 g/mol. The average Bonchev–Trinajstić information content (AvgIpc) is 2.21. The Bertz CT molecular complexity index is 141. The van der Waals surface area contributed by atoms with E-state index in [-0.39, 0.29) is 0 Å². The van der Waals surface area contributed by atoms with Crippen LogP contribution in [-0.2, 0) is 4.74 Å². The summed E-state index contributed by atoms with van der Waals surface area (Å²) in [6, 6.07) is 0.795. The Morgan fingerprint density at radius 3 is 3.00 bits per heavy atom. The summed E-state index contributed by atoms with van der Waals surface area (Å²) in [5.74, 6) is 0. The van der Waals surface area contributed by atoms with Gasteiger partial charge in [0.1, 0.15) is 0 Å². The van der Waals surface area contributed by atoms with Crippen LogP contribution in [0, 0.1) is 0 Å². The van der Waals surface area contributed by atoms with Crippen LogP contribution in [0.1, 0.15) is 32.6 Å². The van der Waals surface area contributed by atoms with E-state index in [0.717, 1.165) is 31.1 Å². The highest BCUT2D eigenvalue weighted by molar-refractivity contribution is 9.09. The van der Waals surface area contributed by atoms with Gasteiger partial charge in [-0.05, 0) is 32.7 Å². The van der Waals surface area contributed by atoms with Gasteiger partial charge in [0, 0.05) is 24.5 Å². The monoisotopic (exact) mass is 263 g/mol. The predicted octanol–water partition coefficient (Wildman–Crippen LogP) is 2.66. The summed E-state index contributed by atoms with van der Waals surface area (Å²) in [6.45, 7) is 6.19. The third kappa shape index (κ3) is 4.28. The van der Waals surface area contributed by atoms with E-state index in [1.165, 1.54) is 32.2 Å². The molecule has 1 aliphatic heterocycles. The van der Waals surface area contributed by atoms with E-state index in [9.17, 15) is 0 Å². The Morgan fingerprint density at radius 1 is 1.43 bits per heavy atom. The highest BCUT2D eigenvalue weighted by Gasteiger charge is 2.20. The quantitative estimate of drug-likeness (QED) is 0.540. The molecule has 0 bridgehead atoms. The molecule has 1 saturated heterocycles. The minimum atomic E-state index is 0.795. The van der Waals surface area contributed by atoms with Crippen molar-refractivity contribution in [3.05, 3.63) is 0 Å². The number of halogens is 1. The third-order valence-corrected chi connectivity index (χ3v) is 3.38. The molecular formula is C11H22BrNO. The molecule has 1 fully saturated rings. The lowest BCUT2D eigenvalue weighted by atomic mass is 10.0. The van der Waals surface area contributed by atoms with E-state index in [1.807, 2.05) is 0 Å². The molecule has 0 amide bonds. The molecule has 0 spiro atoms. The molecule has 0 aromatic heterocycles. The fraction of sp³-hybridized carbons (Fsp3) is 1.00. The van der Waals surface area contributed by atoms with Crippen molar-refractivity contribution < 1.29 is 4.74 Å². The molecule has 0 aromatic carbocycles. The molecule has 0 radical (unpaired) electrons. The summed E-state index contributed by atoms with van der Waals surface area (Å²) < 4.78 is 5.41. The fourth-order valence-electron chi connectivity index (χ4n) is 2.13. The number of nitrogens with zero attached hydrogens (tertiary/aromatic N) is 1. The molecule has 84 valence electrons. The van der Waals surface area contributed by atoms with Gasteiger partial charge in [-0.1, -0.05) is 22.4 Å². The van der Waals surface area contributed by atoms with E-state index < -0.39 is 0 Å². The van der Waals surface area contributed by atoms with Crippen LogP contribution in [0.3, 0.4) is 0 Å². The maximum atomic E-state index is 5.41. The SMILES string of the molecule is CCOCCN1CCCCC1CCBr. The maximum absolute atomic E-state index is 5.41. The van der Waals surface area contributed by atoms with Crippen LogP contribution in [0.2, 0.25) is 0 Å². The van der Waals surface area contributed by atoms with Crippen molar-refractivity contribution >= 4 is 15.9 Å². The van der Waals surface area contributed by atoms with Crippen molar-refractivity contribution in [3.63, 3.8) is 0 Å². The van der Waals surface area contributed by atoms with Crippen LogP contribution in [0.15, 0.2) is 0 Å². The second-order valence-electron chi connectivity index (χ2n) is 3.86. The summed E-state index contributed by atoms with van der Waals surface area (Å²) in [7, 11) is 0. The summed E-state index contributed by atoms with van der Waals surface area (Å²) in [6.07, 6.45) is 5.43. The Balaban J connectivity index is 2.22. The summed E-state index contributed by atoms with van der Waals surface area (Å²) in [4.78, 5) is 2.60. The molecule has 3 heteroatoms. The summed E-state index contributed by atoms with van der Waals surface area (Å²) in [5.41, 5.74) is 0. The summed E-state index contributed by atoms with van der Waals surface area (Å²) >= 11 is 3.54. The van der Waals surface area contributed by atoms with E-state index in [0.29, 0.717) is 0 Å². The van der Waals surface area contributed by atoms with Crippen LogP contribution in [0.5, 0.6) is 0 Å². The normalized spacial score (nSPS) is 24.0. The molecule has 1 atom stereocenters. The molecule has 0 aromatic rings. The Morgan fingerprint density at radius 2 is 2.29 bits per heavy atom. The fourth-order valence-corrected chi connectivity index (χ4v) is 2.66. The zero-order valence-electron chi connectivity index (χ0n) is 9.17. The van der Waals surface area contributed by atoms with Crippen molar-refractivity contribution in [2.75, 3.05) is 31.6 Å². The molecule has 0 aliphatic carbocycles. The lowest BCUT2D eigenvalue weighted by molar-refractivity contribution is 0.0765. The van der Waals surface area contributed by atoms with E-state index in [4.69, 9.17) is 4.74 Å². The first kappa shape index (κ1) is 12.5.